The van der Waals surface area contributed by atoms with Crippen LogP contribution in [0.2, 0.25) is 5.02 Å². The van der Waals surface area contributed by atoms with Crippen molar-refractivity contribution in [3.63, 3.8) is 0 Å². The van der Waals surface area contributed by atoms with E-state index in [1.165, 1.54) is 0 Å². The van der Waals surface area contributed by atoms with Crippen LogP contribution in [0.1, 0.15) is 37.2 Å². The zero-order valence-corrected chi connectivity index (χ0v) is 19.5. The van der Waals surface area contributed by atoms with Gasteiger partial charge in [-0.2, -0.15) is 15.0 Å². The Morgan fingerprint density at radius 3 is 2.58 bits per heavy atom. The molecule has 0 radical (unpaired) electrons. The van der Waals surface area contributed by atoms with Crippen molar-refractivity contribution in [3.8, 4) is 0 Å². The molecule has 1 saturated carbocycles. The molecule has 1 aromatic carbocycles. The third kappa shape index (κ3) is 4.64. The second kappa shape index (κ2) is 8.62. The first-order valence-electron chi connectivity index (χ1n) is 11.3. The van der Waals surface area contributed by atoms with Crippen LogP contribution in [0, 0.1) is 12.8 Å². The van der Waals surface area contributed by atoms with E-state index in [2.05, 4.69) is 31.2 Å². The Bertz CT molecular complexity index is 1190. The summed E-state index contributed by atoms with van der Waals surface area (Å²) < 4.78 is 0. The molecule has 1 unspecified atom stereocenters. The molecular weight excluding hydrogens is 440 g/mol. The molecule has 1 amide bonds. The number of nitrogens with one attached hydrogen (secondary N) is 1. The minimum Gasteiger partial charge on any atom is -0.368 e. The molecule has 3 heterocycles. The Morgan fingerprint density at radius 2 is 1.88 bits per heavy atom. The van der Waals surface area contributed by atoms with Crippen LogP contribution in [0.25, 0.3) is 10.9 Å². The fourth-order valence-corrected chi connectivity index (χ4v) is 4.47. The van der Waals surface area contributed by atoms with E-state index in [4.69, 9.17) is 22.3 Å². The van der Waals surface area contributed by atoms with Crippen LogP contribution in [0.5, 0.6) is 0 Å². The number of rotatable bonds is 5. The fourth-order valence-electron chi connectivity index (χ4n) is 4.29. The van der Waals surface area contributed by atoms with E-state index in [0.717, 1.165) is 48.2 Å². The number of hydrogen-bond acceptors (Lipinski definition) is 8. The standard InChI is InChI=1S/C23H27ClN8O/c1-13(26-23-28-14(2)27-22(25)30-23)18-12-16-11-17(24)5-6-19(16)29-20(18)31-7-9-32(10-8-31)21(33)15-3-4-15/h5-6,11-13,15H,3-4,7-10H2,1-2H3,(H3,25,26,27,28,30). The van der Waals surface area contributed by atoms with Crippen LogP contribution in [-0.4, -0.2) is 56.9 Å². The molecule has 1 saturated heterocycles. The number of pyridine rings is 1. The second-order valence-corrected chi connectivity index (χ2v) is 9.19. The molecule has 5 rings (SSSR count). The molecule has 9 nitrogen and oxygen atoms in total. The van der Waals surface area contributed by atoms with Crippen LogP contribution < -0.4 is 16.0 Å². The third-order valence-corrected chi connectivity index (χ3v) is 6.41. The van der Waals surface area contributed by atoms with Crippen LogP contribution in [-0.2, 0) is 4.79 Å². The Hall–Kier alpha value is -3.20. The van der Waals surface area contributed by atoms with Gasteiger partial charge in [0.2, 0.25) is 17.8 Å². The van der Waals surface area contributed by atoms with Gasteiger partial charge in [0.05, 0.1) is 11.6 Å². The van der Waals surface area contributed by atoms with E-state index in [1.807, 2.05) is 30.0 Å². The molecule has 0 bridgehead atoms. The number of aryl methyl sites for hydroxylation is 1. The number of benzene rings is 1. The van der Waals surface area contributed by atoms with Gasteiger partial charge in [-0.25, -0.2) is 4.98 Å². The Balaban J connectivity index is 1.45. The number of halogens is 1. The number of aromatic nitrogens is 4. The summed E-state index contributed by atoms with van der Waals surface area (Å²) in [5, 5.41) is 4.97. The lowest BCUT2D eigenvalue weighted by Gasteiger charge is -2.37. The van der Waals surface area contributed by atoms with Crippen LogP contribution in [0.15, 0.2) is 24.3 Å². The first-order valence-corrected chi connectivity index (χ1v) is 11.6. The maximum absolute atomic E-state index is 12.5. The van der Waals surface area contributed by atoms with Gasteiger partial charge in [-0.1, -0.05) is 11.6 Å². The average molecular weight is 467 g/mol. The maximum atomic E-state index is 12.5. The molecule has 2 aromatic heterocycles. The maximum Gasteiger partial charge on any atom is 0.228 e. The number of carbonyl (C=O) groups excluding carboxylic acids is 1. The lowest BCUT2D eigenvalue weighted by atomic mass is 10.0. The van der Waals surface area contributed by atoms with Crippen molar-refractivity contribution in [2.75, 3.05) is 42.1 Å². The van der Waals surface area contributed by atoms with E-state index < -0.39 is 0 Å². The number of nitrogens with two attached hydrogens (primary N) is 1. The lowest BCUT2D eigenvalue weighted by Crippen LogP contribution is -2.49. The number of piperazine rings is 1. The molecule has 10 heteroatoms. The molecule has 33 heavy (non-hydrogen) atoms. The van der Waals surface area contributed by atoms with E-state index >= 15 is 0 Å². The molecule has 0 spiro atoms. The van der Waals surface area contributed by atoms with E-state index in [1.54, 1.807) is 6.92 Å². The van der Waals surface area contributed by atoms with Crippen molar-refractivity contribution >= 4 is 46.1 Å². The van der Waals surface area contributed by atoms with Gasteiger partial charge < -0.3 is 20.9 Å². The highest BCUT2D eigenvalue weighted by Gasteiger charge is 2.35. The molecule has 2 fully saturated rings. The van der Waals surface area contributed by atoms with E-state index in [-0.39, 0.29) is 17.9 Å². The number of nitrogen functional groups attached to an aromatic ring is 1. The summed E-state index contributed by atoms with van der Waals surface area (Å²) >= 11 is 6.25. The second-order valence-electron chi connectivity index (χ2n) is 8.76. The summed E-state index contributed by atoms with van der Waals surface area (Å²) in [6.45, 7) is 6.71. The van der Waals surface area contributed by atoms with E-state index in [9.17, 15) is 4.79 Å². The van der Waals surface area contributed by atoms with Crippen molar-refractivity contribution in [1.29, 1.82) is 0 Å². The lowest BCUT2D eigenvalue weighted by molar-refractivity contribution is -0.132. The largest absolute Gasteiger partial charge is 0.368 e. The number of anilines is 3. The predicted molar refractivity (Wildman–Crippen MR) is 129 cm³/mol. The Kier molecular flexibility index (Phi) is 5.65. The van der Waals surface area contributed by atoms with Gasteiger partial charge in [0.15, 0.2) is 0 Å². The smallest absolute Gasteiger partial charge is 0.228 e. The number of amides is 1. The molecule has 1 aliphatic heterocycles. The van der Waals surface area contributed by atoms with Gasteiger partial charge >= 0.3 is 0 Å². The normalized spacial score (nSPS) is 17.3. The topological polar surface area (TPSA) is 113 Å². The molecule has 3 N–H and O–H groups in total. The Morgan fingerprint density at radius 1 is 1.12 bits per heavy atom. The van der Waals surface area contributed by atoms with Crippen molar-refractivity contribution in [2.24, 2.45) is 5.92 Å². The third-order valence-electron chi connectivity index (χ3n) is 6.18. The average Bonchev–Trinajstić information content (AvgIpc) is 3.62. The van der Waals surface area contributed by atoms with Crippen molar-refractivity contribution in [3.05, 3.63) is 40.7 Å². The summed E-state index contributed by atoms with van der Waals surface area (Å²) in [5.74, 6) is 2.59. The van der Waals surface area contributed by atoms with Gasteiger partial charge in [-0.05, 0) is 51.0 Å². The SMILES string of the molecule is Cc1nc(N)nc(NC(C)c2cc3cc(Cl)ccc3nc2N2CCN(C(=O)C3CC3)CC2)n1. The Labute approximate surface area is 197 Å². The number of nitrogens with zero attached hydrogens (tertiary/aromatic N) is 6. The van der Waals surface area contributed by atoms with Gasteiger partial charge in [-0.3, -0.25) is 4.79 Å². The summed E-state index contributed by atoms with van der Waals surface area (Å²) in [5.41, 5.74) is 7.69. The number of hydrogen-bond donors (Lipinski definition) is 2. The highest BCUT2D eigenvalue weighted by atomic mass is 35.5. The van der Waals surface area contributed by atoms with Crippen LogP contribution >= 0.6 is 11.6 Å². The summed E-state index contributed by atoms with van der Waals surface area (Å²) in [6, 6.07) is 7.67. The van der Waals surface area contributed by atoms with Crippen molar-refractivity contribution < 1.29 is 4.79 Å². The van der Waals surface area contributed by atoms with E-state index in [0.29, 0.717) is 35.8 Å². The zero-order chi connectivity index (χ0) is 23.1. The first-order chi connectivity index (χ1) is 15.9. The molecule has 1 atom stereocenters. The van der Waals surface area contributed by atoms with Gasteiger partial charge in [0.1, 0.15) is 11.6 Å². The fraction of sp³-hybridized carbons (Fsp3) is 0.435. The predicted octanol–water partition coefficient (Wildman–Crippen LogP) is 3.20. The summed E-state index contributed by atoms with van der Waals surface area (Å²) in [7, 11) is 0. The highest BCUT2D eigenvalue weighted by molar-refractivity contribution is 6.31. The minimum atomic E-state index is -0.150. The molecule has 2 aliphatic rings. The van der Waals surface area contributed by atoms with Crippen LogP contribution in [0.3, 0.4) is 0 Å². The minimum absolute atomic E-state index is 0.150. The van der Waals surface area contributed by atoms with Crippen LogP contribution in [0.4, 0.5) is 17.7 Å². The monoisotopic (exact) mass is 466 g/mol. The molecule has 172 valence electrons. The van der Waals surface area contributed by atoms with Crippen molar-refractivity contribution in [1.82, 2.24) is 24.8 Å². The number of carbonyl (C=O) groups is 1. The van der Waals surface area contributed by atoms with Crippen molar-refractivity contribution in [2.45, 2.75) is 32.7 Å². The first kappa shape index (κ1) is 21.6. The molecule has 3 aromatic rings. The van der Waals surface area contributed by atoms with Gasteiger partial charge in [-0.15, -0.1) is 0 Å². The van der Waals surface area contributed by atoms with Gasteiger partial charge in [0, 0.05) is 48.1 Å². The summed E-state index contributed by atoms with van der Waals surface area (Å²) in [6.07, 6.45) is 2.06. The van der Waals surface area contributed by atoms with Gasteiger partial charge in [0.25, 0.3) is 0 Å². The quantitative estimate of drug-likeness (QED) is 0.589. The number of fused-ring (bicyclic) bond motifs is 1. The molecule has 1 aliphatic carbocycles. The highest BCUT2D eigenvalue weighted by Crippen LogP contribution is 2.34. The summed E-state index contributed by atoms with van der Waals surface area (Å²) in [4.78, 5) is 34.3. The zero-order valence-electron chi connectivity index (χ0n) is 18.8. The molecular formula is C23H27ClN8O.